The molecule has 51 heavy (non-hydrogen) atoms. The minimum Gasteiger partial charge on any atom is -0.467 e. The first-order chi connectivity index (χ1) is 24.1. The lowest BCUT2D eigenvalue weighted by Gasteiger charge is -2.43. The van der Waals surface area contributed by atoms with Crippen LogP contribution >= 0.6 is 0 Å². The fraction of sp³-hybridized carbons (Fsp3) is 0.594. The topological polar surface area (TPSA) is 236 Å². The Balaban J connectivity index is 2.07. The van der Waals surface area contributed by atoms with Gasteiger partial charge in [0, 0.05) is 32.9 Å². The van der Waals surface area contributed by atoms with Crippen molar-refractivity contribution in [2.45, 2.75) is 77.8 Å². The van der Waals surface area contributed by atoms with Gasteiger partial charge in [0.2, 0.25) is 12.4 Å². The molecule has 284 valence electrons. The summed E-state index contributed by atoms with van der Waals surface area (Å²) in [6.07, 6.45) is -8.56. The number of rotatable bonds is 18. The van der Waals surface area contributed by atoms with Gasteiger partial charge in [0.15, 0.2) is 18.3 Å². The predicted molar refractivity (Wildman–Crippen MR) is 169 cm³/mol. The van der Waals surface area contributed by atoms with Gasteiger partial charge in [0.1, 0.15) is 17.6 Å². The van der Waals surface area contributed by atoms with Crippen molar-refractivity contribution < 1.29 is 81.0 Å². The lowest BCUT2D eigenvalue weighted by Crippen LogP contribution is -2.64. The molecular formula is C32H44N2O17. The van der Waals surface area contributed by atoms with E-state index >= 15 is 0 Å². The Kier molecular flexibility index (Phi) is 17.2. The van der Waals surface area contributed by atoms with Crippen molar-refractivity contribution >= 4 is 42.2 Å². The summed E-state index contributed by atoms with van der Waals surface area (Å²) in [5, 5.41) is 2.62. The van der Waals surface area contributed by atoms with E-state index in [1.807, 2.05) is 0 Å². The summed E-state index contributed by atoms with van der Waals surface area (Å²) in [6.45, 7) is 8.92. The first-order valence-electron chi connectivity index (χ1n) is 15.6. The molecule has 19 heteroatoms. The molecule has 2 N–H and O–H groups in total. The minimum atomic E-state index is -1.73. The number of ether oxygens (including phenoxy) is 9. The molecule has 0 aliphatic carbocycles. The lowest BCUT2D eigenvalue weighted by molar-refractivity contribution is -0.282. The largest absolute Gasteiger partial charge is 0.467 e. The van der Waals surface area contributed by atoms with Crippen molar-refractivity contribution in [3.8, 4) is 5.75 Å². The quantitative estimate of drug-likeness (QED) is 0.0699. The molecule has 1 heterocycles. The Bertz CT molecular complexity index is 1380. The summed E-state index contributed by atoms with van der Waals surface area (Å²) in [5.41, 5.74) is 1.41. The number of hydroxylamine groups is 1. The number of benzene rings is 1. The molecule has 0 aromatic heterocycles. The van der Waals surface area contributed by atoms with Gasteiger partial charge >= 0.3 is 30.0 Å². The predicted octanol–water partition coefficient (Wildman–Crippen LogP) is 0.790. The van der Waals surface area contributed by atoms with E-state index in [2.05, 4.69) is 10.8 Å². The molecule has 1 aromatic carbocycles. The third kappa shape index (κ3) is 14.9. The molecule has 2 unspecified atom stereocenters. The zero-order valence-electron chi connectivity index (χ0n) is 29.4. The van der Waals surface area contributed by atoms with Gasteiger partial charge in [-0.1, -0.05) is 0 Å². The average molecular weight is 729 g/mol. The van der Waals surface area contributed by atoms with Crippen molar-refractivity contribution in [3.05, 3.63) is 29.3 Å². The van der Waals surface area contributed by atoms with Crippen LogP contribution in [0.4, 0.5) is 4.79 Å². The zero-order valence-corrected chi connectivity index (χ0v) is 29.4. The van der Waals surface area contributed by atoms with Gasteiger partial charge in [0.05, 0.1) is 45.7 Å². The number of amides is 2. The third-order valence-corrected chi connectivity index (χ3v) is 6.25. The number of nitrogens with one attached hydrogen (secondary N) is 2. The Morgan fingerprint density at radius 1 is 0.824 bits per heavy atom. The summed E-state index contributed by atoms with van der Waals surface area (Å²) >= 11 is 0. The number of hydrogen-bond acceptors (Lipinski definition) is 17. The van der Waals surface area contributed by atoms with E-state index in [0.29, 0.717) is 6.29 Å². The maximum atomic E-state index is 13.2. The maximum absolute atomic E-state index is 13.2. The fourth-order valence-corrected chi connectivity index (χ4v) is 4.36. The highest BCUT2D eigenvalue weighted by Gasteiger charge is 2.56. The molecule has 0 spiro atoms. The Labute approximate surface area is 293 Å². The third-order valence-electron chi connectivity index (χ3n) is 6.25. The van der Waals surface area contributed by atoms with E-state index in [9.17, 15) is 33.6 Å². The Morgan fingerprint density at radius 3 is 2.00 bits per heavy atom. The highest BCUT2D eigenvalue weighted by Crippen LogP contribution is 2.32. The number of methoxy groups -OCH3 is 1. The van der Waals surface area contributed by atoms with Crippen molar-refractivity contribution in [1.82, 2.24) is 10.8 Å². The van der Waals surface area contributed by atoms with Gasteiger partial charge < -0.3 is 47.9 Å². The summed E-state index contributed by atoms with van der Waals surface area (Å²) < 4.78 is 48.2. The van der Waals surface area contributed by atoms with Crippen molar-refractivity contribution in [2.24, 2.45) is 0 Å². The first kappa shape index (κ1) is 42.3. The van der Waals surface area contributed by atoms with Gasteiger partial charge in [-0.25, -0.2) is 9.59 Å². The van der Waals surface area contributed by atoms with Gasteiger partial charge in [-0.2, -0.15) is 5.48 Å². The minimum absolute atomic E-state index is 0.0194. The van der Waals surface area contributed by atoms with Gasteiger partial charge in [-0.15, -0.1) is 0 Å². The molecule has 0 bridgehead atoms. The smallest absolute Gasteiger partial charge is 0.431 e. The van der Waals surface area contributed by atoms with Crippen molar-refractivity contribution in [1.29, 1.82) is 0 Å². The molecule has 1 aliphatic heterocycles. The van der Waals surface area contributed by atoms with E-state index in [-0.39, 0.29) is 56.5 Å². The summed E-state index contributed by atoms with van der Waals surface area (Å²) in [4.78, 5) is 90.1. The molecule has 1 fully saturated rings. The molecule has 1 aromatic rings. The van der Waals surface area contributed by atoms with Crippen LogP contribution in [-0.2, 0) is 61.9 Å². The number of hydrogen-bond donors (Lipinski definition) is 2. The van der Waals surface area contributed by atoms with Crippen LogP contribution < -0.4 is 15.5 Å². The second kappa shape index (κ2) is 20.7. The number of carbonyl (C=O) groups excluding carboxylic acids is 7. The molecular weight excluding hydrogens is 684 g/mol. The van der Waals surface area contributed by atoms with Gasteiger partial charge in [-0.05, 0) is 39.0 Å². The maximum Gasteiger partial charge on any atom is 0.431 e. The fourth-order valence-electron chi connectivity index (χ4n) is 4.36. The van der Waals surface area contributed by atoms with Crippen LogP contribution in [0.15, 0.2) is 18.2 Å². The molecule has 2 amide bonds. The highest BCUT2D eigenvalue weighted by molar-refractivity contribution is 5.98. The Morgan fingerprint density at radius 2 is 1.41 bits per heavy atom. The molecule has 19 nitrogen and oxygen atoms in total. The Hall–Kier alpha value is -4.85. The number of carbonyl (C=O) groups is 7. The van der Waals surface area contributed by atoms with Crippen molar-refractivity contribution in [2.75, 3.05) is 46.7 Å². The lowest BCUT2D eigenvalue weighted by atomic mass is 9.97. The normalized spacial score (nSPS) is 19.9. The van der Waals surface area contributed by atoms with Crippen LogP contribution in [0.25, 0.3) is 0 Å². The SMILES string of the molecule is COC(=O)[C@H]1OC(Oc2ccc(C=O)cc2C(=O)NCCOCCOCCONC(=O)OC(C)(C)C)[C@H](OC(C)=O)C(OC(C)=O)[C@@H]1OC(C)=O. The van der Waals surface area contributed by atoms with Crippen LogP contribution in [0.5, 0.6) is 5.75 Å². The van der Waals surface area contributed by atoms with E-state index in [1.165, 1.54) is 18.2 Å². The van der Waals surface area contributed by atoms with E-state index in [4.69, 9.17) is 47.5 Å². The second-order valence-electron chi connectivity index (χ2n) is 11.6. The van der Waals surface area contributed by atoms with Crippen LogP contribution in [-0.4, -0.2) is 125 Å². The first-order valence-corrected chi connectivity index (χ1v) is 15.6. The molecule has 2 rings (SSSR count). The summed E-state index contributed by atoms with van der Waals surface area (Å²) in [6, 6.07) is 3.81. The van der Waals surface area contributed by atoms with Gasteiger partial charge in [-0.3, -0.25) is 28.8 Å². The monoisotopic (exact) mass is 728 g/mol. The summed E-state index contributed by atoms with van der Waals surface area (Å²) in [5.74, 6) is -4.58. The average Bonchev–Trinajstić information content (AvgIpc) is 3.04. The van der Waals surface area contributed by atoms with Crippen LogP contribution in [0.2, 0.25) is 0 Å². The number of esters is 4. The van der Waals surface area contributed by atoms with E-state index in [0.717, 1.165) is 27.9 Å². The molecule has 0 saturated carbocycles. The molecule has 1 aliphatic rings. The standard InChI is InChI=1S/C32H44N2O17/c1-18(36)46-24-25(47-19(2)37)27(48-20(3)38)30(50-26(24)29(40)42-7)49-23-9-8-21(17-35)16-22(23)28(39)33-10-11-43-12-13-44-14-15-45-34-31(41)51-32(4,5)6/h8-9,16-17,24-27,30H,10-15H2,1-7H3,(H,33,39)(H,34,41)/t24-,25?,26-,27+,30?/m0/s1. The second-order valence-corrected chi connectivity index (χ2v) is 11.6. The molecule has 0 radical (unpaired) electrons. The van der Waals surface area contributed by atoms with Crippen LogP contribution in [0.1, 0.15) is 62.3 Å². The van der Waals surface area contributed by atoms with Crippen LogP contribution in [0.3, 0.4) is 0 Å². The number of aldehydes is 1. The van der Waals surface area contributed by atoms with Crippen molar-refractivity contribution in [3.63, 3.8) is 0 Å². The molecule has 5 atom stereocenters. The highest BCUT2D eigenvalue weighted by atomic mass is 16.7. The zero-order chi connectivity index (χ0) is 38.1. The van der Waals surface area contributed by atoms with E-state index in [1.54, 1.807) is 20.8 Å². The summed E-state index contributed by atoms with van der Waals surface area (Å²) in [7, 11) is 1.03. The van der Waals surface area contributed by atoms with Crippen LogP contribution in [0, 0.1) is 0 Å². The van der Waals surface area contributed by atoms with E-state index < -0.39 is 72.2 Å². The van der Waals surface area contributed by atoms with Gasteiger partial charge in [0.25, 0.3) is 5.91 Å². The molecule has 1 saturated heterocycles.